The van der Waals surface area contributed by atoms with Crippen molar-refractivity contribution in [2.45, 2.75) is 0 Å². The molecule has 0 saturated heterocycles. The summed E-state index contributed by atoms with van der Waals surface area (Å²) in [7, 11) is 0. The maximum Gasteiger partial charge on any atom is 0.195 e. The van der Waals surface area contributed by atoms with Gasteiger partial charge in [-0.2, -0.15) is 0 Å². The Kier molecular flexibility index (Phi) is 4.65. The highest BCUT2D eigenvalue weighted by molar-refractivity contribution is 7.14. The van der Waals surface area contributed by atoms with E-state index < -0.39 is 0 Å². The lowest BCUT2D eigenvalue weighted by molar-refractivity contribution is 0.105. The molecule has 0 N–H and O–H groups in total. The first-order valence-electron chi connectivity index (χ1n) is 6.74. The number of carbonyl (C=O) groups excluding carboxylic acids is 1. The number of hydrogen-bond donors (Lipinski definition) is 0. The van der Waals surface area contributed by atoms with Gasteiger partial charge in [-0.05, 0) is 47.9 Å². The highest BCUT2D eigenvalue weighted by atomic mass is 32.1. The SMILES string of the molecule is O=C(/C=C/c1cccs1)c1ccc(C#Cc2ccccc2)s1. The van der Waals surface area contributed by atoms with Crippen LogP contribution in [0, 0.1) is 11.8 Å². The lowest BCUT2D eigenvalue weighted by Crippen LogP contribution is -1.87. The molecule has 0 aliphatic rings. The summed E-state index contributed by atoms with van der Waals surface area (Å²) in [5.74, 6) is 6.22. The quantitative estimate of drug-likeness (QED) is 0.372. The van der Waals surface area contributed by atoms with Crippen LogP contribution >= 0.6 is 22.7 Å². The van der Waals surface area contributed by atoms with Gasteiger partial charge in [0.2, 0.25) is 0 Å². The fourth-order valence-corrected chi connectivity index (χ4v) is 3.22. The van der Waals surface area contributed by atoms with E-state index in [1.165, 1.54) is 11.3 Å². The second kappa shape index (κ2) is 7.04. The van der Waals surface area contributed by atoms with E-state index in [-0.39, 0.29) is 5.78 Å². The smallest absolute Gasteiger partial charge is 0.195 e. The Hall–Kier alpha value is -2.41. The summed E-state index contributed by atoms with van der Waals surface area (Å²) in [6, 6.07) is 17.5. The molecule has 0 spiro atoms. The average Bonchev–Trinajstić information content (AvgIpc) is 3.23. The molecule has 0 saturated carbocycles. The summed E-state index contributed by atoms with van der Waals surface area (Å²) in [5, 5.41) is 1.99. The van der Waals surface area contributed by atoms with Crippen LogP contribution in [-0.4, -0.2) is 5.78 Å². The third kappa shape index (κ3) is 3.82. The standard InChI is InChI=1S/C19H12OS2/c20-18(12-10-16-7-4-14-21-16)19-13-11-17(22-19)9-8-15-5-2-1-3-6-15/h1-7,10-14H/b12-10+. The van der Waals surface area contributed by atoms with Gasteiger partial charge in [-0.1, -0.05) is 36.1 Å². The van der Waals surface area contributed by atoms with Crippen LogP contribution < -0.4 is 0 Å². The van der Waals surface area contributed by atoms with E-state index in [2.05, 4.69) is 11.8 Å². The van der Waals surface area contributed by atoms with Crippen molar-refractivity contribution < 1.29 is 4.79 Å². The Bertz CT molecular complexity index is 844. The largest absolute Gasteiger partial charge is 0.288 e. The van der Waals surface area contributed by atoms with E-state index in [9.17, 15) is 4.79 Å². The van der Waals surface area contributed by atoms with E-state index >= 15 is 0 Å². The fourth-order valence-electron chi connectivity index (χ4n) is 1.82. The van der Waals surface area contributed by atoms with Gasteiger partial charge < -0.3 is 0 Å². The predicted molar refractivity (Wildman–Crippen MR) is 94.4 cm³/mol. The minimum atomic E-state index is 0.0196. The van der Waals surface area contributed by atoms with Gasteiger partial charge in [0.05, 0.1) is 9.75 Å². The van der Waals surface area contributed by atoms with Crippen molar-refractivity contribution in [3.8, 4) is 11.8 Å². The van der Waals surface area contributed by atoms with Crippen LogP contribution in [0.3, 0.4) is 0 Å². The minimum absolute atomic E-state index is 0.0196. The first kappa shape index (κ1) is 14.5. The van der Waals surface area contributed by atoms with Crippen molar-refractivity contribution in [1.82, 2.24) is 0 Å². The summed E-state index contributed by atoms with van der Waals surface area (Å²) < 4.78 is 0. The molecule has 1 nitrogen and oxygen atoms in total. The van der Waals surface area contributed by atoms with E-state index in [0.29, 0.717) is 4.88 Å². The molecule has 0 fully saturated rings. The van der Waals surface area contributed by atoms with Gasteiger partial charge in [0.25, 0.3) is 0 Å². The molecule has 2 aromatic heterocycles. The van der Waals surface area contributed by atoms with Gasteiger partial charge in [-0.3, -0.25) is 4.79 Å². The molecule has 3 rings (SSSR count). The van der Waals surface area contributed by atoms with Gasteiger partial charge in [-0.25, -0.2) is 0 Å². The van der Waals surface area contributed by atoms with Crippen molar-refractivity contribution in [1.29, 1.82) is 0 Å². The lowest BCUT2D eigenvalue weighted by atomic mass is 10.2. The maximum atomic E-state index is 12.1. The van der Waals surface area contributed by atoms with Gasteiger partial charge in [0.15, 0.2) is 5.78 Å². The van der Waals surface area contributed by atoms with Gasteiger partial charge in [0.1, 0.15) is 0 Å². The number of rotatable bonds is 3. The Morgan fingerprint density at radius 2 is 1.82 bits per heavy atom. The second-order valence-corrected chi connectivity index (χ2v) is 6.56. The average molecular weight is 320 g/mol. The molecule has 1 aromatic carbocycles. The zero-order valence-electron chi connectivity index (χ0n) is 11.7. The maximum absolute atomic E-state index is 12.1. The molecule has 22 heavy (non-hydrogen) atoms. The van der Waals surface area contributed by atoms with Crippen LogP contribution in [0.15, 0.2) is 66.1 Å². The third-order valence-corrected chi connectivity index (χ3v) is 4.75. The van der Waals surface area contributed by atoms with E-state index in [4.69, 9.17) is 0 Å². The van der Waals surface area contributed by atoms with E-state index in [0.717, 1.165) is 15.3 Å². The molecule has 3 heteroatoms. The fraction of sp³-hybridized carbons (Fsp3) is 0. The topological polar surface area (TPSA) is 17.1 Å². The van der Waals surface area contributed by atoms with Crippen molar-refractivity contribution in [2.24, 2.45) is 0 Å². The van der Waals surface area contributed by atoms with Gasteiger partial charge in [-0.15, -0.1) is 22.7 Å². The van der Waals surface area contributed by atoms with Crippen LogP contribution in [0.5, 0.6) is 0 Å². The zero-order valence-corrected chi connectivity index (χ0v) is 13.3. The molecular formula is C19H12OS2. The van der Waals surface area contributed by atoms with Gasteiger partial charge in [0, 0.05) is 10.4 Å². The molecule has 0 amide bonds. The highest BCUT2D eigenvalue weighted by Crippen LogP contribution is 2.18. The van der Waals surface area contributed by atoms with Crippen LogP contribution in [0.25, 0.3) is 6.08 Å². The lowest BCUT2D eigenvalue weighted by Gasteiger charge is -1.88. The van der Waals surface area contributed by atoms with Crippen molar-refractivity contribution in [3.63, 3.8) is 0 Å². The number of thiophene rings is 2. The Morgan fingerprint density at radius 1 is 0.955 bits per heavy atom. The molecule has 0 unspecified atom stereocenters. The Labute approximate surface area is 137 Å². The van der Waals surface area contributed by atoms with Crippen LogP contribution in [-0.2, 0) is 0 Å². The molecule has 3 aromatic rings. The molecule has 0 aliphatic heterocycles. The summed E-state index contributed by atoms with van der Waals surface area (Å²) in [6.45, 7) is 0. The minimum Gasteiger partial charge on any atom is -0.288 e. The molecule has 0 bridgehead atoms. The molecule has 0 aliphatic carbocycles. The summed E-state index contributed by atoms with van der Waals surface area (Å²) >= 11 is 3.04. The van der Waals surface area contributed by atoms with Crippen LogP contribution in [0.1, 0.15) is 25.0 Å². The number of carbonyl (C=O) groups is 1. The Morgan fingerprint density at radius 3 is 2.59 bits per heavy atom. The van der Waals surface area contributed by atoms with Crippen molar-refractivity contribution >= 4 is 34.5 Å². The number of ketones is 1. The number of benzene rings is 1. The Balaban J connectivity index is 1.71. The van der Waals surface area contributed by atoms with Crippen molar-refractivity contribution in [3.05, 3.63) is 86.2 Å². The molecular weight excluding hydrogens is 308 g/mol. The second-order valence-electron chi connectivity index (χ2n) is 4.49. The predicted octanol–water partition coefficient (Wildman–Crippen LogP) is 5.11. The van der Waals surface area contributed by atoms with Crippen LogP contribution in [0.4, 0.5) is 0 Å². The zero-order chi connectivity index (χ0) is 15.2. The van der Waals surface area contributed by atoms with Gasteiger partial charge >= 0.3 is 0 Å². The monoisotopic (exact) mass is 320 g/mol. The molecule has 106 valence electrons. The number of allylic oxidation sites excluding steroid dienone is 1. The first-order chi connectivity index (χ1) is 10.8. The summed E-state index contributed by atoms with van der Waals surface area (Å²) in [6.07, 6.45) is 3.47. The molecule has 0 radical (unpaired) electrons. The van der Waals surface area contributed by atoms with Crippen LogP contribution in [0.2, 0.25) is 0 Å². The summed E-state index contributed by atoms with van der Waals surface area (Å²) in [4.78, 5) is 14.8. The normalized spacial score (nSPS) is 10.4. The molecule has 2 heterocycles. The van der Waals surface area contributed by atoms with Crippen molar-refractivity contribution in [2.75, 3.05) is 0 Å². The summed E-state index contributed by atoms with van der Waals surface area (Å²) in [5.41, 5.74) is 0.973. The van der Waals surface area contributed by atoms with E-state index in [1.54, 1.807) is 17.4 Å². The number of hydrogen-bond acceptors (Lipinski definition) is 3. The highest BCUT2D eigenvalue weighted by Gasteiger charge is 2.05. The third-order valence-electron chi connectivity index (χ3n) is 2.89. The molecule has 0 atom stereocenters. The van der Waals surface area contributed by atoms with E-state index in [1.807, 2.05) is 66.1 Å². The first-order valence-corrected chi connectivity index (χ1v) is 8.44.